The fourth-order valence-electron chi connectivity index (χ4n) is 2.68. The second-order valence-electron chi connectivity index (χ2n) is 6.63. The van der Waals surface area contributed by atoms with Gasteiger partial charge in [-0.15, -0.1) is 16.9 Å². The third-order valence-corrected chi connectivity index (χ3v) is 6.68. The van der Waals surface area contributed by atoms with Crippen molar-refractivity contribution in [2.45, 2.75) is 22.9 Å². The van der Waals surface area contributed by atoms with Crippen LogP contribution < -0.4 is 10.9 Å². The van der Waals surface area contributed by atoms with Gasteiger partial charge in [-0.05, 0) is 30.3 Å². The number of primary sulfonamides is 1. The number of amides is 1. The summed E-state index contributed by atoms with van der Waals surface area (Å²) in [6.45, 7) is -0.321. The number of hydrogen-bond donors (Lipinski definition) is 2. The number of halogens is 2. The van der Waals surface area contributed by atoms with Gasteiger partial charge < -0.3 is 15.1 Å². The maximum absolute atomic E-state index is 14.4. The van der Waals surface area contributed by atoms with Crippen molar-refractivity contribution in [3.63, 3.8) is 0 Å². The van der Waals surface area contributed by atoms with Gasteiger partial charge in [-0.1, -0.05) is 22.8 Å². The number of aromatic nitrogens is 2. The molecule has 14 heteroatoms. The zero-order chi connectivity index (χ0) is 24.2. The number of nitrogens with two attached hydrogens (primary N) is 2. The van der Waals surface area contributed by atoms with Crippen LogP contribution in [0.1, 0.15) is 17.0 Å². The summed E-state index contributed by atoms with van der Waals surface area (Å²) in [4.78, 5) is 14.4. The Morgan fingerprint density at radius 2 is 2.00 bits per heavy atom. The number of carbonyl (C=O) groups excluding carboxylic acids is 1. The third kappa shape index (κ3) is 6.42. The fourth-order valence-corrected chi connectivity index (χ4v) is 4.45. The third-order valence-electron chi connectivity index (χ3n) is 4.29. The lowest BCUT2D eigenvalue weighted by atomic mass is 10.1. The van der Waals surface area contributed by atoms with Gasteiger partial charge in [-0.2, -0.15) is 5.26 Å². The van der Waals surface area contributed by atoms with Crippen molar-refractivity contribution in [1.82, 2.24) is 15.1 Å². The SMILES string of the molecule is N#Cc1ccc(CN(Cc2nnc(N)o2)C(=O)CSc2cc(S(N)(=O)=O)ccc2Cl)c(F)c1. The molecule has 1 aromatic heterocycles. The Balaban J connectivity index is 1.81. The molecular weight excluding hydrogens is 495 g/mol. The van der Waals surface area contributed by atoms with Crippen molar-refractivity contribution in [2.24, 2.45) is 5.14 Å². The van der Waals surface area contributed by atoms with Gasteiger partial charge >= 0.3 is 6.01 Å². The molecule has 1 heterocycles. The average Bonchev–Trinajstić information content (AvgIpc) is 3.17. The highest BCUT2D eigenvalue weighted by Crippen LogP contribution is 2.30. The maximum atomic E-state index is 14.4. The second kappa shape index (κ2) is 10.2. The number of benzene rings is 2. The normalized spacial score (nSPS) is 11.2. The number of nitrogens with zero attached hydrogens (tertiary/aromatic N) is 4. The number of sulfonamides is 1. The van der Waals surface area contributed by atoms with Crippen molar-refractivity contribution >= 4 is 45.3 Å². The van der Waals surface area contributed by atoms with E-state index in [-0.39, 0.29) is 51.8 Å². The molecule has 0 aliphatic heterocycles. The van der Waals surface area contributed by atoms with Crippen molar-refractivity contribution in [1.29, 1.82) is 5.26 Å². The molecule has 3 rings (SSSR count). The van der Waals surface area contributed by atoms with Crippen LogP contribution in [0.25, 0.3) is 0 Å². The topological polar surface area (TPSA) is 169 Å². The lowest BCUT2D eigenvalue weighted by Crippen LogP contribution is -2.32. The van der Waals surface area contributed by atoms with E-state index in [4.69, 9.17) is 32.2 Å². The summed E-state index contributed by atoms with van der Waals surface area (Å²) in [6, 6.07) is 9.42. The molecule has 0 unspecified atom stereocenters. The second-order valence-corrected chi connectivity index (χ2v) is 9.61. The molecule has 0 fully saturated rings. The summed E-state index contributed by atoms with van der Waals surface area (Å²) >= 11 is 7.10. The van der Waals surface area contributed by atoms with Crippen molar-refractivity contribution in [2.75, 3.05) is 11.5 Å². The van der Waals surface area contributed by atoms with Gasteiger partial charge in [0.1, 0.15) is 5.82 Å². The molecule has 0 spiro atoms. The molecule has 0 saturated heterocycles. The van der Waals surface area contributed by atoms with Crippen LogP contribution in [-0.4, -0.2) is 35.2 Å². The highest BCUT2D eigenvalue weighted by molar-refractivity contribution is 8.00. The predicted octanol–water partition coefficient (Wildman–Crippen LogP) is 2.28. The molecule has 0 atom stereocenters. The van der Waals surface area contributed by atoms with Crippen LogP contribution in [-0.2, 0) is 27.9 Å². The Bertz CT molecular complexity index is 1340. The number of nitrogen functional groups attached to an aromatic ring is 1. The predicted molar refractivity (Wildman–Crippen MR) is 118 cm³/mol. The zero-order valence-corrected chi connectivity index (χ0v) is 19.1. The first-order chi connectivity index (χ1) is 15.6. The molecule has 4 N–H and O–H groups in total. The van der Waals surface area contributed by atoms with E-state index in [0.717, 1.165) is 17.8 Å². The summed E-state index contributed by atoms with van der Waals surface area (Å²) in [5.74, 6) is -1.25. The summed E-state index contributed by atoms with van der Waals surface area (Å²) in [6.07, 6.45) is 0. The van der Waals surface area contributed by atoms with E-state index in [1.807, 2.05) is 6.07 Å². The molecule has 1 amide bonds. The van der Waals surface area contributed by atoms with E-state index < -0.39 is 21.7 Å². The first kappa shape index (κ1) is 24.5. The van der Waals surface area contributed by atoms with Gasteiger partial charge in [-0.3, -0.25) is 4.79 Å². The highest BCUT2D eigenvalue weighted by atomic mass is 35.5. The number of nitriles is 1. The molecule has 172 valence electrons. The highest BCUT2D eigenvalue weighted by Gasteiger charge is 2.21. The average molecular weight is 511 g/mol. The molecule has 10 nitrogen and oxygen atoms in total. The monoisotopic (exact) mass is 510 g/mol. The molecule has 0 radical (unpaired) electrons. The summed E-state index contributed by atoms with van der Waals surface area (Å²) in [5, 5.41) is 21.5. The molecule has 3 aromatic rings. The molecule has 0 aliphatic carbocycles. The van der Waals surface area contributed by atoms with Crippen LogP contribution in [0.5, 0.6) is 0 Å². The van der Waals surface area contributed by atoms with Gasteiger partial charge in [0.15, 0.2) is 0 Å². The fraction of sp³-hybridized carbons (Fsp3) is 0.158. The van der Waals surface area contributed by atoms with Crippen LogP contribution in [0.2, 0.25) is 5.02 Å². The molecular formula is C19H16ClFN6O4S2. The van der Waals surface area contributed by atoms with E-state index in [9.17, 15) is 17.6 Å². The van der Waals surface area contributed by atoms with Crippen molar-refractivity contribution in [3.8, 4) is 6.07 Å². The molecule has 0 bridgehead atoms. The van der Waals surface area contributed by atoms with E-state index in [1.54, 1.807) is 0 Å². The molecule has 0 aliphatic rings. The molecule has 0 saturated carbocycles. The van der Waals surface area contributed by atoms with Gasteiger partial charge in [-0.25, -0.2) is 17.9 Å². The van der Waals surface area contributed by atoms with Gasteiger partial charge in [0.25, 0.3) is 0 Å². The van der Waals surface area contributed by atoms with Crippen LogP contribution >= 0.6 is 23.4 Å². The number of rotatable bonds is 8. The number of anilines is 1. The first-order valence-electron chi connectivity index (χ1n) is 9.06. The lowest BCUT2D eigenvalue weighted by molar-refractivity contribution is -0.129. The Hall–Kier alpha value is -3.18. The Morgan fingerprint density at radius 3 is 2.61 bits per heavy atom. The zero-order valence-electron chi connectivity index (χ0n) is 16.7. The minimum absolute atomic E-state index is 0.0363. The Morgan fingerprint density at radius 1 is 1.24 bits per heavy atom. The number of carbonyl (C=O) groups is 1. The summed E-state index contributed by atoms with van der Waals surface area (Å²) < 4.78 is 42.7. The van der Waals surface area contributed by atoms with E-state index >= 15 is 0 Å². The number of thioether (sulfide) groups is 1. The standard InChI is InChI=1S/C19H16ClFN6O4S2/c20-14-4-3-13(33(24,29)30)6-16(14)32-10-18(28)27(9-17-25-26-19(23)31-17)8-12-2-1-11(7-22)5-15(12)21/h1-6H,8-10H2,(H2,23,26)(H2,24,29,30). The van der Waals surface area contributed by atoms with E-state index in [0.29, 0.717) is 4.90 Å². The van der Waals surface area contributed by atoms with Crippen LogP contribution in [0.3, 0.4) is 0 Å². The summed E-state index contributed by atoms with van der Waals surface area (Å²) in [7, 11) is -3.96. The van der Waals surface area contributed by atoms with Crippen LogP contribution in [0, 0.1) is 17.1 Å². The Labute approximate surface area is 197 Å². The Kier molecular flexibility index (Phi) is 7.54. The maximum Gasteiger partial charge on any atom is 0.312 e. The minimum atomic E-state index is -3.96. The minimum Gasteiger partial charge on any atom is -0.406 e. The van der Waals surface area contributed by atoms with Gasteiger partial charge in [0.2, 0.25) is 21.8 Å². The summed E-state index contributed by atoms with van der Waals surface area (Å²) in [5.41, 5.74) is 5.73. The van der Waals surface area contributed by atoms with Gasteiger partial charge in [0.05, 0.1) is 33.8 Å². The number of hydrogen-bond acceptors (Lipinski definition) is 9. The first-order valence-corrected chi connectivity index (χ1v) is 12.0. The van der Waals surface area contributed by atoms with Crippen LogP contribution in [0.15, 0.2) is 50.6 Å². The van der Waals surface area contributed by atoms with Crippen molar-refractivity contribution < 1.29 is 22.0 Å². The lowest BCUT2D eigenvalue weighted by Gasteiger charge is -2.21. The van der Waals surface area contributed by atoms with Crippen LogP contribution in [0.4, 0.5) is 10.4 Å². The smallest absolute Gasteiger partial charge is 0.312 e. The molecule has 2 aromatic carbocycles. The quantitative estimate of drug-likeness (QED) is 0.431. The largest absolute Gasteiger partial charge is 0.406 e. The van der Waals surface area contributed by atoms with E-state index in [2.05, 4.69) is 10.2 Å². The van der Waals surface area contributed by atoms with E-state index in [1.165, 1.54) is 35.2 Å². The van der Waals surface area contributed by atoms with Gasteiger partial charge in [0, 0.05) is 17.0 Å². The van der Waals surface area contributed by atoms with Crippen molar-refractivity contribution in [3.05, 3.63) is 64.3 Å². The molecule has 33 heavy (non-hydrogen) atoms.